The zero-order valence-electron chi connectivity index (χ0n) is 22.4. The minimum Gasteiger partial charge on any atom is -0.487 e. The Morgan fingerprint density at radius 2 is 2.07 bits per heavy atom. The van der Waals surface area contributed by atoms with E-state index in [0.29, 0.717) is 45.4 Å². The summed E-state index contributed by atoms with van der Waals surface area (Å²) in [4.78, 5) is 24.5. The number of thioether (sulfide) groups is 1. The fourth-order valence-corrected chi connectivity index (χ4v) is 6.10. The van der Waals surface area contributed by atoms with Crippen LogP contribution in [0.3, 0.4) is 0 Å². The molecule has 2 aromatic heterocycles. The van der Waals surface area contributed by atoms with Gasteiger partial charge in [-0.2, -0.15) is 11.8 Å². The van der Waals surface area contributed by atoms with Crippen molar-refractivity contribution in [1.82, 2.24) is 14.9 Å². The van der Waals surface area contributed by atoms with E-state index in [4.69, 9.17) is 21.1 Å². The molecule has 0 bridgehead atoms. The molecule has 1 aliphatic heterocycles. The molecule has 2 aromatic carbocycles. The smallest absolute Gasteiger partial charge is 0.335 e. The standard InChI is InChI=1S/C30H31ClN4O4S2/c31-26-18-22(5-7-28(26)39-19-23-3-1-15-41-23)34-29-25-17-21(4-6-27(25)32-20-33-29)24(30(36)37)8-16-40-14-2-9-35-10-12-38-13-11-35/h1,3-8,15,17-18,20H,2,9-14,16,19H2,(H,36,37)(H,32,33,34)/b24-8+. The van der Waals surface area contributed by atoms with E-state index in [0.717, 1.165) is 55.6 Å². The molecule has 1 aliphatic rings. The van der Waals surface area contributed by atoms with Crippen molar-refractivity contribution in [1.29, 1.82) is 0 Å². The Bertz CT molecular complexity index is 1490. The van der Waals surface area contributed by atoms with E-state index >= 15 is 0 Å². The van der Waals surface area contributed by atoms with E-state index in [-0.39, 0.29) is 5.57 Å². The maximum Gasteiger partial charge on any atom is 0.335 e. The van der Waals surface area contributed by atoms with Crippen LogP contribution in [-0.2, 0) is 16.1 Å². The molecule has 1 saturated heterocycles. The van der Waals surface area contributed by atoms with Gasteiger partial charge in [-0.05, 0) is 66.1 Å². The second-order valence-corrected chi connectivity index (χ2v) is 12.0. The lowest BCUT2D eigenvalue weighted by atomic mass is 10.0. The minimum atomic E-state index is -0.963. The zero-order valence-corrected chi connectivity index (χ0v) is 24.8. The van der Waals surface area contributed by atoms with Gasteiger partial charge in [0.2, 0.25) is 0 Å². The van der Waals surface area contributed by atoms with Crippen LogP contribution in [0.2, 0.25) is 5.02 Å². The second kappa shape index (κ2) is 14.7. The first-order chi connectivity index (χ1) is 20.1. The van der Waals surface area contributed by atoms with Crippen molar-refractivity contribution in [2.24, 2.45) is 0 Å². The minimum absolute atomic E-state index is 0.262. The van der Waals surface area contributed by atoms with Crippen molar-refractivity contribution in [3.8, 4) is 5.75 Å². The second-order valence-electron chi connectivity index (χ2n) is 9.40. The molecule has 0 spiro atoms. The Morgan fingerprint density at radius 1 is 1.20 bits per heavy atom. The predicted octanol–water partition coefficient (Wildman–Crippen LogP) is 6.59. The number of hydrogen-bond acceptors (Lipinski definition) is 9. The topological polar surface area (TPSA) is 96.8 Å². The molecule has 2 N–H and O–H groups in total. The number of carboxylic acid groups (broad SMARTS) is 1. The first-order valence-electron chi connectivity index (χ1n) is 13.3. The van der Waals surface area contributed by atoms with Gasteiger partial charge in [-0.1, -0.05) is 29.8 Å². The Morgan fingerprint density at radius 3 is 2.85 bits per heavy atom. The van der Waals surface area contributed by atoms with Crippen molar-refractivity contribution in [2.45, 2.75) is 13.0 Å². The van der Waals surface area contributed by atoms with Gasteiger partial charge in [0.1, 0.15) is 24.5 Å². The molecule has 1 fully saturated rings. The highest BCUT2D eigenvalue weighted by atomic mass is 35.5. The average molecular weight is 611 g/mol. The van der Waals surface area contributed by atoms with E-state index < -0.39 is 5.97 Å². The van der Waals surface area contributed by atoms with Gasteiger partial charge in [-0.3, -0.25) is 4.90 Å². The van der Waals surface area contributed by atoms with E-state index in [1.165, 1.54) is 6.33 Å². The highest BCUT2D eigenvalue weighted by molar-refractivity contribution is 7.99. The van der Waals surface area contributed by atoms with Gasteiger partial charge in [0.25, 0.3) is 0 Å². The number of hydrogen-bond donors (Lipinski definition) is 2. The average Bonchev–Trinajstić information content (AvgIpc) is 3.51. The van der Waals surface area contributed by atoms with Gasteiger partial charge >= 0.3 is 5.97 Å². The first kappa shape index (κ1) is 29.3. The van der Waals surface area contributed by atoms with Crippen LogP contribution in [0.25, 0.3) is 16.5 Å². The summed E-state index contributed by atoms with van der Waals surface area (Å²) in [6, 6.07) is 14.9. The number of thiophene rings is 1. The van der Waals surface area contributed by atoms with E-state index in [2.05, 4.69) is 20.2 Å². The number of carbonyl (C=O) groups is 1. The fraction of sp³-hybridized carbons (Fsp3) is 0.300. The molecule has 0 atom stereocenters. The number of aliphatic carboxylic acids is 1. The highest BCUT2D eigenvalue weighted by Gasteiger charge is 2.14. The lowest BCUT2D eigenvalue weighted by Crippen LogP contribution is -2.36. The third-order valence-electron chi connectivity index (χ3n) is 6.59. The Labute approximate surface area is 252 Å². The lowest BCUT2D eigenvalue weighted by Gasteiger charge is -2.26. The number of morpholine rings is 1. The van der Waals surface area contributed by atoms with Crippen LogP contribution in [0.4, 0.5) is 11.5 Å². The summed E-state index contributed by atoms with van der Waals surface area (Å²) in [5, 5.41) is 16.5. The summed E-state index contributed by atoms with van der Waals surface area (Å²) in [7, 11) is 0. The number of fused-ring (bicyclic) bond motifs is 1. The number of rotatable bonds is 13. The highest BCUT2D eigenvalue weighted by Crippen LogP contribution is 2.32. The predicted molar refractivity (Wildman–Crippen MR) is 168 cm³/mol. The number of ether oxygens (including phenoxy) is 2. The number of nitrogens with one attached hydrogen (secondary N) is 1. The number of nitrogens with zero attached hydrogens (tertiary/aromatic N) is 3. The molecule has 8 nitrogen and oxygen atoms in total. The SMILES string of the molecule is O=C(O)/C(=C/CSCCCN1CCOCC1)c1ccc2ncnc(Nc3ccc(OCc4cccs4)c(Cl)c3)c2c1. The molecule has 0 saturated carbocycles. The van der Waals surface area contributed by atoms with Crippen molar-refractivity contribution < 1.29 is 19.4 Å². The molecular formula is C30H31ClN4O4S2. The fourth-order valence-electron chi connectivity index (χ4n) is 4.47. The number of aromatic nitrogens is 2. The van der Waals surface area contributed by atoms with Crippen molar-refractivity contribution in [2.75, 3.05) is 49.7 Å². The van der Waals surface area contributed by atoms with Gasteiger partial charge in [0, 0.05) is 34.8 Å². The summed E-state index contributed by atoms with van der Waals surface area (Å²) >= 11 is 9.87. The van der Waals surface area contributed by atoms with Gasteiger partial charge < -0.3 is 19.9 Å². The van der Waals surface area contributed by atoms with Crippen LogP contribution >= 0.6 is 34.7 Å². The summed E-state index contributed by atoms with van der Waals surface area (Å²) in [6.07, 6.45) is 4.33. The first-order valence-corrected chi connectivity index (χ1v) is 15.8. The summed E-state index contributed by atoms with van der Waals surface area (Å²) in [6.45, 7) is 5.07. The Hall–Kier alpha value is -3.15. The normalized spacial score (nSPS) is 14.3. The van der Waals surface area contributed by atoms with Crippen molar-refractivity contribution in [3.05, 3.63) is 81.8 Å². The molecule has 0 radical (unpaired) electrons. The van der Waals surface area contributed by atoms with E-state index in [9.17, 15) is 9.90 Å². The summed E-state index contributed by atoms with van der Waals surface area (Å²) in [5.74, 6) is 1.78. The van der Waals surface area contributed by atoms with Crippen molar-refractivity contribution >= 4 is 68.7 Å². The maximum atomic E-state index is 12.2. The molecule has 4 aromatic rings. The Balaban J connectivity index is 1.25. The third kappa shape index (κ3) is 8.21. The van der Waals surface area contributed by atoms with Gasteiger partial charge in [0.05, 0.1) is 29.3 Å². The molecule has 0 amide bonds. The van der Waals surface area contributed by atoms with Gasteiger partial charge in [-0.15, -0.1) is 11.3 Å². The Kier molecular flexibility index (Phi) is 10.5. The molecule has 5 rings (SSSR count). The van der Waals surface area contributed by atoms with Crippen LogP contribution in [0, 0.1) is 0 Å². The van der Waals surface area contributed by atoms with E-state index in [1.807, 2.05) is 41.8 Å². The number of anilines is 2. The lowest BCUT2D eigenvalue weighted by molar-refractivity contribution is -0.130. The van der Waals surface area contributed by atoms with E-state index in [1.54, 1.807) is 41.3 Å². The van der Waals surface area contributed by atoms with Crippen LogP contribution < -0.4 is 10.1 Å². The van der Waals surface area contributed by atoms with Crippen molar-refractivity contribution in [3.63, 3.8) is 0 Å². The number of carboxylic acids is 1. The third-order valence-corrected chi connectivity index (χ3v) is 8.72. The summed E-state index contributed by atoms with van der Waals surface area (Å²) < 4.78 is 11.3. The maximum absolute atomic E-state index is 12.2. The monoisotopic (exact) mass is 610 g/mol. The number of benzene rings is 2. The molecule has 0 unspecified atom stereocenters. The molecular weight excluding hydrogens is 580 g/mol. The molecule has 11 heteroatoms. The summed E-state index contributed by atoms with van der Waals surface area (Å²) in [5.41, 5.74) is 2.30. The molecule has 214 valence electrons. The van der Waals surface area contributed by atoms with Gasteiger partial charge in [-0.25, -0.2) is 14.8 Å². The quantitative estimate of drug-likeness (QED) is 0.128. The largest absolute Gasteiger partial charge is 0.487 e. The van der Waals surface area contributed by atoms with Crippen LogP contribution in [0.5, 0.6) is 5.75 Å². The molecule has 0 aliphatic carbocycles. The van der Waals surface area contributed by atoms with Crippen LogP contribution in [0.1, 0.15) is 16.9 Å². The molecule has 41 heavy (non-hydrogen) atoms. The molecule has 3 heterocycles. The zero-order chi connectivity index (χ0) is 28.4. The van der Waals surface area contributed by atoms with Crippen LogP contribution in [-0.4, -0.2) is 70.3 Å². The van der Waals surface area contributed by atoms with Gasteiger partial charge in [0.15, 0.2) is 0 Å². The van der Waals surface area contributed by atoms with Crippen LogP contribution in [0.15, 0.2) is 66.3 Å². The number of halogens is 1.